The molecule has 0 radical (unpaired) electrons. The summed E-state index contributed by atoms with van der Waals surface area (Å²) in [5.41, 5.74) is 0.469. The lowest BCUT2D eigenvalue weighted by atomic mass is 10.0. The fourth-order valence-electron chi connectivity index (χ4n) is 2.74. The van der Waals surface area contributed by atoms with Gasteiger partial charge in [0.2, 0.25) is 0 Å². The summed E-state index contributed by atoms with van der Waals surface area (Å²) in [6, 6.07) is 16.9. The number of hydrogen-bond donors (Lipinski definition) is 0. The topological polar surface area (TPSA) is 82.0 Å². The van der Waals surface area contributed by atoms with Gasteiger partial charge in [-0.3, -0.25) is 0 Å². The summed E-state index contributed by atoms with van der Waals surface area (Å²) in [4.78, 5) is 11.7. The van der Waals surface area contributed by atoms with Gasteiger partial charge >= 0.3 is 5.97 Å². The fourth-order valence-corrected chi connectivity index (χ4v) is 3.77. The highest BCUT2D eigenvalue weighted by atomic mass is 32.2. The van der Waals surface area contributed by atoms with Crippen molar-refractivity contribution in [2.45, 2.75) is 4.90 Å². The monoisotopic (exact) mass is 383 g/mol. The van der Waals surface area contributed by atoms with E-state index in [-0.39, 0.29) is 10.5 Å². The first kappa shape index (κ1) is 18.6. The third kappa shape index (κ3) is 3.68. The van der Waals surface area contributed by atoms with Crippen LogP contribution in [-0.4, -0.2) is 34.8 Å². The van der Waals surface area contributed by atoms with E-state index in [0.717, 1.165) is 10.8 Å². The van der Waals surface area contributed by atoms with Crippen molar-refractivity contribution in [2.24, 2.45) is 4.40 Å². The van der Waals surface area contributed by atoms with Crippen LogP contribution in [0.1, 0.15) is 15.9 Å². The molecule has 0 bridgehead atoms. The summed E-state index contributed by atoms with van der Waals surface area (Å²) in [6.45, 7) is 0. The number of carbonyl (C=O) groups excluding carboxylic acids is 1. The average molecular weight is 383 g/mol. The second-order valence-electron chi connectivity index (χ2n) is 5.60. The zero-order valence-corrected chi connectivity index (χ0v) is 15.6. The Kier molecular flexibility index (Phi) is 5.23. The predicted octanol–water partition coefficient (Wildman–Crippen LogP) is 3.44. The van der Waals surface area contributed by atoms with Gasteiger partial charge in [0, 0.05) is 5.56 Å². The molecule has 0 unspecified atom stereocenters. The number of nitrogens with zero attached hydrogens (tertiary/aromatic N) is 1. The molecule has 0 amide bonds. The molecule has 0 aliphatic rings. The van der Waals surface area contributed by atoms with Crippen molar-refractivity contribution >= 4 is 33.0 Å². The van der Waals surface area contributed by atoms with Crippen molar-refractivity contribution in [1.82, 2.24) is 0 Å². The quantitative estimate of drug-likeness (QED) is 0.498. The Balaban J connectivity index is 2.12. The van der Waals surface area contributed by atoms with Gasteiger partial charge in [0.15, 0.2) is 0 Å². The smallest absolute Gasteiger partial charge is 0.339 e. The number of hydrogen-bond acceptors (Lipinski definition) is 5. The number of fused-ring (bicyclic) bond motifs is 1. The van der Waals surface area contributed by atoms with Crippen LogP contribution in [0.3, 0.4) is 0 Å². The van der Waals surface area contributed by atoms with Gasteiger partial charge in [-0.25, -0.2) is 4.79 Å². The number of sulfonamides is 1. The van der Waals surface area contributed by atoms with Crippen LogP contribution in [0, 0.1) is 0 Å². The third-order valence-electron chi connectivity index (χ3n) is 4.04. The van der Waals surface area contributed by atoms with Crippen LogP contribution in [-0.2, 0) is 14.8 Å². The lowest BCUT2D eigenvalue weighted by Gasteiger charge is -2.09. The van der Waals surface area contributed by atoms with Gasteiger partial charge in [-0.15, -0.1) is 0 Å². The molecular weight excluding hydrogens is 366 g/mol. The van der Waals surface area contributed by atoms with Gasteiger partial charge < -0.3 is 9.47 Å². The first-order valence-electron chi connectivity index (χ1n) is 8.01. The standard InChI is InChI=1S/C20H17NO5S/c1-25-18-12-11-14-7-3-4-8-15(14)17(18)13-21-27(23,24)19-10-6-5-9-16(19)20(22)26-2/h3-13H,1-2H3/b21-13+. The van der Waals surface area contributed by atoms with Crippen molar-refractivity contribution in [1.29, 1.82) is 0 Å². The minimum absolute atomic E-state index is 0.0676. The number of ether oxygens (including phenoxy) is 2. The Hall–Kier alpha value is -3.19. The molecule has 3 rings (SSSR count). The van der Waals surface area contributed by atoms with Crippen LogP contribution < -0.4 is 4.74 Å². The molecule has 0 aromatic heterocycles. The third-order valence-corrected chi connectivity index (χ3v) is 5.34. The first-order chi connectivity index (χ1) is 13.0. The molecule has 0 saturated carbocycles. The Morgan fingerprint density at radius 2 is 1.67 bits per heavy atom. The summed E-state index contributed by atoms with van der Waals surface area (Å²) >= 11 is 0. The van der Waals surface area contributed by atoms with Crippen molar-refractivity contribution in [3.8, 4) is 5.75 Å². The van der Waals surface area contributed by atoms with E-state index in [2.05, 4.69) is 9.13 Å². The average Bonchev–Trinajstić information content (AvgIpc) is 2.71. The van der Waals surface area contributed by atoms with Gasteiger partial charge in [-0.2, -0.15) is 12.8 Å². The van der Waals surface area contributed by atoms with Crippen LogP contribution in [0.25, 0.3) is 10.8 Å². The summed E-state index contributed by atoms with van der Waals surface area (Å²) in [7, 11) is -1.43. The molecule has 3 aromatic rings. The highest BCUT2D eigenvalue weighted by molar-refractivity contribution is 7.90. The highest BCUT2D eigenvalue weighted by Crippen LogP contribution is 2.27. The number of rotatable bonds is 5. The van der Waals surface area contributed by atoms with Crippen molar-refractivity contribution < 1.29 is 22.7 Å². The zero-order valence-electron chi connectivity index (χ0n) is 14.7. The van der Waals surface area contributed by atoms with Crippen LogP contribution in [0.15, 0.2) is 70.0 Å². The number of esters is 1. The maximum absolute atomic E-state index is 12.7. The van der Waals surface area contributed by atoms with E-state index in [0.29, 0.717) is 11.3 Å². The van der Waals surface area contributed by atoms with E-state index in [9.17, 15) is 13.2 Å². The Bertz CT molecular complexity index is 1140. The highest BCUT2D eigenvalue weighted by Gasteiger charge is 2.22. The number of methoxy groups -OCH3 is 2. The Labute approximate surface area is 157 Å². The molecule has 0 heterocycles. The van der Waals surface area contributed by atoms with E-state index in [1.165, 1.54) is 38.6 Å². The fraction of sp³-hybridized carbons (Fsp3) is 0.100. The summed E-state index contributed by atoms with van der Waals surface area (Å²) in [5, 5.41) is 1.73. The van der Waals surface area contributed by atoms with Gasteiger partial charge in [0.05, 0.1) is 26.0 Å². The van der Waals surface area contributed by atoms with E-state index < -0.39 is 16.0 Å². The van der Waals surface area contributed by atoms with Crippen LogP contribution in [0.4, 0.5) is 0 Å². The lowest BCUT2D eigenvalue weighted by molar-refractivity contribution is 0.0596. The molecule has 7 heteroatoms. The minimum atomic E-state index is -4.12. The van der Waals surface area contributed by atoms with Crippen LogP contribution >= 0.6 is 0 Å². The minimum Gasteiger partial charge on any atom is -0.496 e. The first-order valence-corrected chi connectivity index (χ1v) is 9.45. The van der Waals surface area contributed by atoms with Gasteiger partial charge in [0.25, 0.3) is 10.0 Å². The summed E-state index contributed by atoms with van der Waals surface area (Å²) < 4.78 is 39.3. The molecule has 0 aliphatic carbocycles. The molecule has 6 nitrogen and oxygen atoms in total. The van der Waals surface area contributed by atoms with E-state index in [1.807, 2.05) is 30.3 Å². The maximum atomic E-state index is 12.7. The molecule has 0 aliphatic heterocycles. The molecule has 0 spiro atoms. The molecule has 0 fully saturated rings. The summed E-state index contributed by atoms with van der Waals surface area (Å²) in [5.74, 6) is -0.249. The van der Waals surface area contributed by atoms with Gasteiger partial charge in [-0.05, 0) is 29.0 Å². The van der Waals surface area contributed by atoms with Crippen molar-refractivity contribution in [3.05, 3.63) is 71.8 Å². The molecular formula is C20H17NO5S. The summed E-state index contributed by atoms with van der Waals surface area (Å²) in [6.07, 6.45) is 1.24. The van der Waals surface area contributed by atoms with Gasteiger partial charge in [0.1, 0.15) is 10.6 Å². The maximum Gasteiger partial charge on any atom is 0.339 e. The predicted molar refractivity (Wildman–Crippen MR) is 103 cm³/mol. The number of benzene rings is 3. The normalized spacial score (nSPS) is 11.6. The van der Waals surface area contributed by atoms with Crippen molar-refractivity contribution in [2.75, 3.05) is 14.2 Å². The van der Waals surface area contributed by atoms with Crippen LogP contribution in [0.5, 0.6) is 5.75 Å². The zero-order chi connectivity index (χ0) is 19.4. The largest absolute Gasteiger partial charge is 0.496 e. The van der Waals surface area contributed by atoms with E-state index >= 15 is 0 Å². The Morgan fingerprint density at radius 1 is 0.963 bits per heavy atom. The molecule has 0 N–H and O–H groups in total. The van der Waals surface area contributed by atoms with Crippen LogP contribution in [0.2, 0.25) is 0 Å². The molecule has 138 valence electrons. The van der Waals surface area contributed by atoms with Crippen molar-refractivity contribution in [3.63, 3.8) is 0 Å². The van der Waals surface area contributed by atoms with E-state index in [1.54, 1.807) is 12.1 Å². The lowest BCUT2D eigenvalue weighted by Crippen LogP contribution is -2.09. The molecule has 3 aromatic carbocycles. The molecule has 27 heavy (non-hydrogen) atoms. The second kappa shape index (κ2) is 7.59. The molecule has 0 saturated heterocycles. The van der Waals surface area contributed by atoms with Gasteiger partial charge in [-0.1, -0.05) is 42.5 Å². The SMILES string of the molecule is COC(=O)c1ccccc1S(=O)(=O)/N=C/c1c(OC)ccc2ccccc12. The number of carbonyl (C=O) groups is 1. The molecule has 0 atom stereocenters. The van der Waals surface area contributed by atoms with E-state index in [4.69, 9.17) is 4.74 Å². The Morgan fingerprint density at radius 3 is 2.41 bits per heavy atom. The second-order valence-corrected chi connectivity index (χ2v) is 7.20.